The highest BCUT2D eigenvalue weighted by atomic mass is 16.7. The summed E-state index contributed by atoms with van der Waals surface area (Å²) in [6, 6.07) is 0. The van der Waals surface area contributed by atoms with Crippen LogP contribution in [0.5, 0.6) is 0 Å². The first-order chi connectivity index (χ1) is 36.6. The van der Waals surface area contributed by atoms with Gasteiger partial charge in [-0.05, 0) is 116 Å². The van der Waals surface area contributed by atoms with E-state index in [1.807, 2.05) is 21.1 Å². The van der Waals surface area contributed by atoms with E-state index in [-0.39, 0.29) is 38.6 Å². The fourth-order valence-electron chi connectivity index (χ4n) is 7.39. The molecule has 0 aliphatic rings. The van der Waals surface area contributed by atoms with Gasteiger partial charge in [0.2, 0.25) is 0 Å². The van der Waals surface area contributed by atoms with Crippen molar-refractivity contribution in [2.24, 2.45) is 0 Å². The molecule has 0 aromatic carbocycles. The monoisotopic (exact) mass is 1040 g/mol. The summed E-state index contributed by atoms with van der Waals surface area (Å²) in [5.41, 5.74) is 0. The van der Waals surface area contributed by atoms with Crippen LogP contribution >= 0.6 is 0 Å². The zero-order chi connectivity index (χ0) is 54.8. The summed E-state index contributed by atoms with van der Waals surface area (Å²) < 4.78 is 22.8. The predicted octanol–water partition coefficient (Wildman–Crippen LogP) is 17.5. The first-order valence-electron chi connectivity index (χ1n) is 29.3. The van der Waals surface area contributed by atoms with E-state index in [4.69, 9.17) is 18.9 Å². The summed E-state index contributed by atoms with van der Waals surface area (Å²) in [6.45, 7) is 4.68. The maximum atomic E-state index is 12.9. The maximum absolute atomic E-state index is 12.9. The molecule has 0 radical (unpaired) electrons. The lowest BCUT2D eigenvalue weighted by atomic mass is 10.1. The van der Waals surface area contributed by atoms with Crippen molar-refractivity contribution < 1.29 is 42.9 Å². The molecule has 0 aliphatic heterocycles. The number of hydrogen-bond donors (Lipinski definition) is 1. The summed E-state index contributed by atoms with van der Waals surface area (Å²) in [5, 5.41) is 9.71. The van der Waals surface area contributed by atoms with Gasteiger partial charge in [0.1, 0.15) is 13.2 Å². The number of carbonyl (C=O) groups excluding carboxylic acids is 2. The van der Waals surface area contributed by atoms with Crippen molar-refractivity contribution in [3.63, 3.8) is 0 Å². The number of aliphatic carboxylic acids is 1. The summed E-state index contributed by atoms with van der Waals surface area (Å²) >= 11 is 0. The number of hydrogen-bond acceptors (Lipinski definition) is 7. The number of nitrogens with zero attached hydrogens (tertiary/aromatic N) is 1. The second kappa shape index (κ2) is 55.7. The molecule has 9 nitrogen and oxygen atoms in total. The van der Waals surface area contributed by atoms with Crippen molar-refractivity contribution in [1.82, 2.24) is 0 Å². The molecule has 0 spiro atoms. The molecule has 2 unspecified atom stereocenters. The van der Waals surface area contributed by atoms with Crippen LogP contribution < -0.4 is 0 Å². The van der Waals surface area contributed by atoms with Crippen LogP contribution in [0.1, 0.15) is 206 Å². The number of ether oxygens (including phenoxy) is 4. The van der Waals surface area contributed by atoms with Crippen LogP contribution in [-0.2, 0) is 33.3 Å². The van der Waals surface area contributed by atoms with Crippen molar-refractivity contribution in [1.29, 1.82) is 0 Å². The Morgan fingerprint density at radius 3 is 1.13 bits per heavy atom. The van der Waals surface area contributed by atoms with Gasteiger partial charge in [0, 0.05) is 12.8 Å². The number of carboxylic acid groups (broad SMARTS) is 1. The Bertz CT molecular complexity index is 1690. The maximum Gasteiger partial charge on any atom is 0.361 e. The Hall–Kier alpha value is -4.57. The number of carbonyl (C=O) groups is 3. The van der Waals surface area contributed by atoms with Crippen molar-refractivity contribution >= 4 is 17.9 Å². The third-order valence-electron chi connectivity index (χ3n) is 11.9. The van der Waals surface area contributed by atoms with Crippen LogP contribution in [0.4, 0.5) is 0 Å². The first-order valence-corrected chi connectivity index (χ1v) is 29.3. The van der Waals surface area contributed by atoms with Crippen LogP contribution in [0.3, 0.4) is 0 Å². The Morgan fingerprint density at radius 2 is 0.760 bits per heavy atom. The normalized spacial score (nSPS) is 13.8. The fraction of sp³-hybridized carbons (Fsp3) is 0.621. The molecule has 0 rings (SSSR count). The van der Waals surface area contributed by atoms with Gasteiger partial charge in [-0.15, -0.1) is 0 Å². The molecule has 0 amide bonds. The molecule has 0 saturated carbocycles. The van der Waals surface area contributed by atoms with E-state index in [1.54, 1.807) is 0 Å². The van der Waals surface area contributed by atoms with Crippen LogP contribution in [0.15, 0.2) is 134 Å². The second-order valence-corrected chi connectivity index (χ2v) is 20.2. The third-order valence-corrected chi connectivity index (χ3v) is 11.9. The minimum Gasteiger partial charge on any atom is -0.477 e. The molecular formula is C66H108NO8+. The minimum atomic E-state index is -1.53. The Kier molecular flexibility index (Phi) is 52.3. The highest BCUT2D eigenvalue weighted by Crippen LogP contribution is 2.13. The van der Waals surface area contributed by atoms with Gasteiger partial charge >= 0.3 is 17.9 Å². The highest BCUT2D eigenvalue weighted by Gasteiger charge is 2.25. The van der Waals surface area contributed by atoms with Crippen LogP contribution in [0.2, 0.25) is 0 Å². The molecule has 0 fully saturated rings. The Morgan fingerprint density at radius 1 is 0.413 bits per heavy atom. The summed E-state index contributed by atoms with van der Waals surface area (Å²) in [4.78, 5) is 37.4. The molecule has 1 N–H and O–H groups in total. The molecule has 0 aliphatic carbocycles. The molecule has 0 saturated heterocycles. The van der Waals surface area contributed by atoms with Gasteiger partial charge in [0.05, 0.1) is 34.4 Å². The molecular weight excluding hydrogens is 935 g/mol. The van der Waals surface area contributed by atoms with E-state index < -0.39 is 24.3 Å². The Labute approximate surface area is 459 Å². The number of quaternary nitrogens is 1. The first kappa shape index (κ1) is 70.4. The van der Waals surface area contributed by atoms with E-state index in [1.165, 1.54) is 51.4 Å². The zero-order valence-corrected chi connectivity index (χ0v) is 48.2. The van der Waals surface area contributed by atoms with Gasteiger partial charge in [-0.25, -0.2) is 4.79 Å². The number of esters is 2. The second-order valence-electron chi connectivity index (χ2n) is 20.2. The lowest BCUT2D eigenvalue weighted by Gasteiger charge is -2.25. The van der Waals surface area contributed by atoms with Crippen molar-refractivity contribution in [2.75, 3.05) is 47.5 Å². The molecule has 9 heteroatoms. The van der Waals surface area contributed by atoms with Crippen LogP contribution in [0.25, 0.3) is 0 Å². The standard InChI is InChI=1S/C66H107NO8/c1-6-8-10-12-14-16-18-20-22-24-26-28-29-30-31-32-33-34-35-37-39-41-43-45-47-49-51-53-55-57-64(69)75-62(61-74-66(65(70)71)72-59-58-67(3,4)5)60-73-63(68)56-54-52-50-48-46-44-42-40-38-36-27-25-23-21-19-17-15-13-11-9-7-2/h8,10,14,16,19-22,25-28,30-31,33-34,37-40,43,45,62,66H,6-7,9,11-13,15,17-18,23-24,29,32,35-36,41-42,44,46-61H2,1-5H3/p+1/b10-8-,16-14-,21-19-,22-20-,27-25-,28-26-,31-30-,34-33-,39-37-,40-38-,45-43-. The number of unbranched alkanes of at least 4 members (excludes halogenated alkanes) is 15. The van der Waals surface area contributed by atoms with Gasteiger partial charge < -0.3 is 28.5 Å². The summed E-state index contributed by atoms with van der Waals surface area (Å²) in [6.07, 6.45) is 76.6. The third kappa shape index (κ3) is 57.0. The lowest BCUT2D eigenvalue weighted by molar-refractivity contribution is -0.870. The molecule has 424 valence electrons. The molecule has 0 bridgehead atoms. The average molecular weight is 1040 g/mol. The summed E-state index contributed by atoms with van der Waals surface area (Å²) in [5.74, 6) is -2.07. The number of likely N-dealkylation sites (N-methyl/N-ethyl adjacent to an activating group) is 1. The summed E-state index contributed by atoms with van der Waals surface area (Å²) in [7, 11) is 5.94. The van der Waals surface area contributed by atoms with Gasteiger partial charge in [-0.3, -0.25) is 9.59 Å². The molecule has 0 heterocycles. The molecule has 0 aromatic heterocycles. The molecule has 0 aromatic rings. The highest BCUT2D eigenvalue weighted by molar-refractivity contribution is 5.71. The van der Waals surface area contributed by atoms with E-state index in [9.17, 15) is 19.5 Å². The topological polar surface area (TPSA) is 108 Å². The largest absolute Gasteiger partial charge is 0.477 e. The Balaban J connectivity index is 4.39. The van der Waals surface area contributed by atoms with Gasteiger partial charge in [0.15, 0.2) is 6.10 Å². The van der Waals surface area contributed by atoms with Crippen molar-refractivity contribution in [2.45, 2.75) is 219 Å². The average Bonchev–Trinajstić information content (AvgIpc) is 3.38. The quantitative estimate of drug-likeness (QED) is 0.0211. The molecule has 75 heavy (non-hydrogen) atoms. The van der Waals surface area contributed by atoms with Gasteiger partial charge in [0.25, 0.3) is 6.29 Å². The smallest absolute Gasteiger partial charge is 0.361 e. The fourth-order valence-corrected chi connectivity index (χ4v) is 7.39. The van der Waals surface area contributed by atoms with Gasteiger partial charge in [-0.2, -0.15) is 0 Å². The number of rotatable bonds is 52. The van der Waals surface area contributed by atoms with Gasteiger partial charge in [-0.1, -0.05) is 212 Å². The molecule has 2 atom stereocenters. The SMILES string of the molecule is CC/C=C\C/C=C\C/C=C\C/C=C\C/C=C\C/C=C\C/C=C\C/C=C\CCCCCCC(=O)OC(COC(=O)CCCCCCCC/C=C\C/C=C\C/C=C\CCCCCCC)COC(OCC[N+](C)(C)C)C(=O)O. The van der Waals surface area contributed by atoms with Crippen molar-refractivity contribution in [3.05, 3.63) is 134 Å². The van der Waals surface area contributed by atoms with Crippen LogP contribution in [0, 0.1) is 0 Å². The van der Waals surface area contributed by atoms with Crippen molar-refractivity contribution in [3.8, 4) is 0 Å². The zero-order valence-electron chi connectivity index (χ0n) is 48.2. The number of allylic oxidation sites excluding steroid dienone is 22. The van der Waals surface area contributed by atoms with E-state index >= 15 is 0 Å². The predicted molar refractivity (Wildman–Crippen MR) is 317 cm³/mol. The lowest BCUT2D eigenvalue weighted by Crippen LogP contribution is -2.40. The van der Waals surface area contributed by atoms with E-state index in [0.29, 0.717) is 17.4 Å². The number of carboxylic acids is 1. The van der Waals surface area contributed by atoms with Crippen LogP contribution in [-0.4, -0.2) is 87.4 Å². The minimum absolute atomic E-state index is 0.172. The van der Waals surface area contributed by atoms with E-state index in [0.717, 1.165) is 122 Å². The van der Waals surface area contributed by atoms with E-state index in [2.05, 4.69) is 148 Å².